The third-order valence-electron chi connectivity index (χ3n) is 2.05. The van der Waals surface area contributed by atoms with E-state index in [1.807, 2.05) is 6.07 Å². The average Bonchev–Trinajstić information content (AvgIpc) is 2.88. The third-order valence-corrected chi connectivity index (χ3v) is 4.72. The molecule has 0 bridgehead atoms. The standard InChI is InChI=1S/C10H9BrN2O2S2/c11-9-3-1-7(16-9)5-12-6-8-2-4-10(17-8)13(14)15/h1-4,12H,5-6H2. The van der Waals surface area contributed by atoms with E-state index < -0.39 is 0 Å². The van der Waals surface area contributed by atoms with Crippen LogP contribution in [0.15, 0.2) is 28.1 Å². The van der Waals surface area contributed by atoms with E-state index >= 15 is 0 Å². The quantitative estimate of drug-likeness (QED) is 0.669. The number of hydrogen-bond donors (Lipinski definition) is 1. The minimum Gasteiger partial charge on any atom is -0.307 e. The van der Waals surface area contributed by atoms with E-state index in [1.54, 1.807) is 23.5 Å². The lowest BCUT2D eigenvalue weighted by atomic mass is 10.4. The lowest BCUT2D eigenvalue weighted by Gasteiger charge is -1.99. The number of nitro groups is 1. The predicted octanol–water partition coefficient (Wildman–Crippen LogP) is 3.77. The number of thiophene rings is 2. The van der Waals surface area contributed by atoms with Crippen molar-refractivity contribution >= 4 is 43.6 Å². The van der Waals surface area contributed by atoms with E-state index in [4.69, 9.17) is 0 Å². The van der Waals surface area contributed by atoms with Gasteiger partial charge in [-0.3, -0.25) is 10.1 Å². The molecule has 90 valence electrons. The van der Waals surface area contributed by atoms with Crippen molar-refractivity contribution in [3.63, 3.8) is 0 Å². The average molecular weight is 333 g/mol. The smallest absolute Gasteiger partial charge is 0.307 e. The summed E-state index contributed by atoms with van der Waals surface area (Å²) in [6, 6.07) is 7.40. The third kappa shape index (κ3) is 3.60. The van der Waals surface area contributed by atoms with Crippen LogP contribution in [0.25, 0.3) is 0 Å². The van der Waals surface area contributed by atoms with Crippen LogP contribution >= 0.6 is 38.6 Å². The first-order valence-electron chi connectivity index (χ1n) is 4.83. The highest BCUT2D eigenvalue weighted by Gasteiger charge is 2.09. The van der Waals surface area contributed by atoms with Gasteiger partial charge in [-0.15, -0.1) is 11.3 Å². The number of nitrogens with one attached hydrogen (secondary N) is 1. The van der Waals surface area contributed by atoms with Crippen LogP contribution in [0.2, 0.25) is 0 Å². The lowest BCUT2D eigenvalue weighted by Crippen LogP contribution is -2.10. The zero-order valence-electron chi connectivity index (χ0n) is 8.68. The molecule has 0 unspecified atom stereocenters. The van der Waals surface area contributed by atoms with Gasteiger partial charge in [-0.05, 0) is 34.1 Å². The normalized spacial score (nSPS) is 10.6. The summed E-state index contributed by atoms with van der Waals surface area (Å²) >= 11 is 6.30. The highest BCUT2D eigenvalue weighted by molar-refractivity contribution is 9.11. The van der Waals surface area contributed by atoms with Crippen LogP contribution in [-0.2, 0) is 13.1 Å². The van der Waals surface area contributed by atoms with Gasteiger partial charge in [0.2, 0.25) is 0 Å². The summed E-state index contributed by atoms with van der Waals surface area (Å²) in [5.41, 5.74) is 0. The minimum absolute atomic E-state index is 0.195. The van der Waals surface area contributed by atoms with E-state index in [0.717, 1.165) is 15.2 Å². The van der Waals surface area contributed by atoms with Crippen molar-refractivity contribution in [2.75, 3.05) is 0 Å². The molecule has 0 saturated heterocycles. The fourth-order valence-corrected chi connectivity index (χ4v) is 3.56. The van der Waals surface area contributed by atoms with Gasteiger partial charge in [-0.1, -0.05) is 11.3 Å². The first kappa shape index (κ1) is 12.7. The van der Waals surface area contributed by atoms with Gasteiger partial charge < -0.3 is 5.32 Å². The molecular weight excluding hydrogens is 324 g/mol. The number of nitrogens with zero attached hydrogens (tertiary/aromatic N) is 1. The van der Waals surface area contributed by atoms with Crippen LogP contribution in [0.4, 0.5) is 5.00 Å². The first-order chi connectivity index (χ1) is 8.15. The van der Waals surface area contributed by atoms with Crippen molar-refractivity contribution in [2.24, 2.45) is 0 Å². The molecular formula is C10H9BrN2O2S2. The van der Waals surface area contributed by atoms with E-state index in [2.05, 4.69) is 27.3 Å². The molecule has 0 amide bonds. The fraction of sp³-hybridized carbons (Fsp3) is 0.200. The number of rotatable bonds is 5. The van der Waals surface area contributed by atoms with Gasteiger partial charge in [-0.25, -0.2) is 0 Å². The minimum atomic E-state index is -0.357. The Morgan fingerprint density at radius 2 is 1.82 bits per heavy atom. The molecule has 7 heteroatoms. The summed E-state index contributed by atoms with van der Waals surface area (Å²) in [7, 11) is 0. The molecule has 2 aromatic heterocycles. The molecule has 0 aromatic carbocycles. The van der Waals surface area contributed by atoms with Crippen LogP contribution in [0, 0.1) is 10.1 Å². The molecule has 0 atom stereocenters. The van der Waals surface area contributed by atoms with Gasteiger partial charge in [0.1, 0.15) is 0 Å². The van der Waals surface area contributed by atoms with Gasteiger partial charge in [0.05, 0.1) is 8.71 Å². The molecule has 0 aliphatic heterocycles. The Kier molecular flexibility index (Phi) is 4.27. The van der Waals surface area contributed by atoms with Crippen molar-refractivity contribution < 1.29 is 4.92 Å². The van der Waals surface area contributed by atoms with Gasteiger partial charge in [0, 0.05) is 28.9 Å². The molecule has 0 saturated carbocycles. The van der Waals surface area contributed by atoms with Crippen LogP contribution < -0.4 is 5.32 Å². The molecule has 0 aliphatic rings. The summed E-state index contributed by atoms with van der Waals surface area (Å²) < 4.78 is 1.11. The Morgan fingerprint density at radius 1 is 1.18 bits per heavy atom. The topological polar surface area (TPSA) is 55.2 Å². The molecule has 17 heavy (non-hydrogen) atoms. The van der Waals surface area contributed by atoms with E-state index in [9.17, 15) is 10.1 Å². The Balaban J connectivity index is 1.83. The maximum atomic E-state index is 10.5. The summed E-state index contributed by atoms with van der Waals surface area (Å²) in [5.74, 6) is 0. The lowest BCUT2D eigenvalue weighted by molar-refractivity contribution is -0.380. The Hall–Kier alpha value is -0.760. The van der Waals surface area contributed by atoms with Crippen molar-refractivity contribution in [1.82, 2.24) is 5.32 Å². The summed E-state index contributed by atoms with van der Waals surface area (Å²) in [4.78, 5) is 12.4. The maximum absolute atomic E-state index is 10.5. The highest BCUT2D eigenvalue weighted by Crippen LogP contribution is 2.24. The summed E-state index contributed by atoms with van der Waals surface area (Å²) in [5, 5.41) is 14.0. The number of halogens is 1. The molecule has 0 spiro atoms. The van der Waals surface area contributed by atoms with Gasteiger partial charge in [-0.2, -0.15) is 0 Å². The van der Waals surface area contributed by atoms with Crippen LogP contribution in [0.5, 0.6) is 0 Å². The first-order valence-corrected chi connectivity index (χ1v) is 7.26. The molecule has 2 aromatic rings. The molecule has 2 heterocycles. The van der Waals surface area contributed by atoms with E-state index in [1.165, 1.54) is 16.2 Å². The van der Waals surface area contributed by atoms with Crippen LogP contribution in [0.3, 0.4) is 0 Å². The Labute approximate surface area is 115 Å². The van der Waals surface area contributed by atoms with Crippen LogP contribution in [-0.4, -0.2) is 4.92 Å². The SMILES string of the molecule is O=[N+]([O-])c1ccc(CNCc2ccc(Br)s2)s1. The van der Waals surface area contributed by atoms with Gasteiger partial charge >= 0.3 is 5.00 Å². The van der Waals surface area contributed by atoms with E-state index in [0.29, 0.717) is 6.54 Å². The zero-order valence-corrected chi connectivity index (χ0v) is 11.9. The van der Waals surface area contributed by atoms with Crippen molar-refractivity contribution in [2.45, 2.75) is 13.1 Å². The molecule has 1 N–H and O–H groups in total. The van der Waals surface area contributed by atoms with Gasteiger partial charge in [0.15, 0.2) is 0 Å². The molecule has 0 fully saturated rings. The summed E-state index contributed by atoms with van der Waals surface area (Å²) in [6.45, 7) is 1.44. The molecule has 0 aliphatic carbocycles. The zero-order chi connectivity index (χ0) is 12.3. The van der Waals surface area contributed by atoms with Crippen molar-refractivity contribution in [3.05, 3.63) is 47.9 Å². The molecule has 4 nitrogen and oxygen atoms in total. The fourth-order valence-electron chi connectivity index (χ4n) is 1.32. The van der Waals surface area contributed by atoms with Crippen molar-refractivity contribution in [1.29, 1.82) is 0 Å². The highest BCUT2D eigenvalue weighted by atomic mass is 79.9. The maximum Gasteiger partial charge on any atom is 0.324 e. The van der Waals surface area contributed by atoms with Crippen molar-refractivity contribution in [3.8, 4) is 0 Å². The molecule has 2 rings (SSSR count). The second-order valence-electron chi connectivity index (χ2n) is 3.31. The van der Waals surface area contributed by atoms with E-state index in [-0.39, 0.29) is 9.92 Å². The summed E-state index contributed by atoms with van der Waals surface area (Å²) in [6.07, 6.45) is 0. The Bertz CT molecular complexity index is 524. The number of hydrogen-bond acceptors (Lipinski definition) is 5. The Morgan fingerprint density at radius 3 is 2.35 bits per heavy atom. The second-order valence-corrected chi connectivity index (χ2v) is 7.00. The molecule has 0 radical (unpaired) electrons. The van der Waals surface area contributed by atoms with Crippen LogP contribution in [0.1, 0.15) is 9.75 Å². The monoisotopic (exact) mass is 332 g/mol. The predicted molar refractivity (Wildman–Crippen MR) is 73.5 cm³/mol. The second kappa shape index (κ2) is 5.72. The van der Waals surface area contributed by atoms with Gasteiger partial charge in [0.25, 0.3) is 0 Å². The largest absolute Gasteiger partial charge is 0.324 e.